The topological polar surface area (TPSA) is 29.5 Å². The van der Waals surface area contributed by atoms with Gasteiger partial charge in [0.1, 0.15) is 0 Å². The number of carbonyl (C=O) groups excluding carboxylic acids is 1. The number of hydrogen-bond donors (Lipinski definition) is 0. The maximum Gasteiger partial charge on any atom is 0.225 e. The molecule has 0 unspecified atom stereocenters. The molecular formula is C14H25NO2. The predicted molar refractivity (Wildman–Crippen MR) is 67.7 cm³/mol. The van der Waals surface area contributed by atoms with Gasteiger partial charge in [-0.05, 0) is 37.5 Å². The summed E-state index contributed by atoms with van der Waals surface area (Å²) in [4.78, 5) is 14.3. The first-order chi connectivity index (χ1) is 8.18. The van der Waals surface area contributed by atoms with E-state index in [1.54, 1.807) is 0 Å². The van der Waals surface area contributed by atoms with Crippen LogP contribution in [-0.2, 0) is 9.53 Å². The summed E-state index contributed by atoms with van der Waals surface area (Å²) >= 11 is 0. The minimum Gasteiger partial charge on any atom is -0.378 e. The van der Waals surface area contributed by atoms with Crippen molar-refractivity contribution in [3.05, 3.63) is 0 Å². The molecule has 2 fully saturated rings. The molecular weight excluding hydrogens is 214 g/mol. The van der Waals surface area contributed by atoms with Gasteiger partial charge in [0, 0.05) is 19.0 Å². The maximum absolute atomic E-state index is 12.3. The molecule has 0 N–H and O–H groups in total. The highest BCUT2D eigenvalue weighted by molar-refractivity contribution is 5.79. The van der Waals surface area contributed by atoms with Crippen LogP contribution in [0.1, 0.15) is 39.5 Å². The Morgan fingerprint density at radius 2 is 1.71 bits per heavy atom. The summed E-state index contributed by atoms with van der Waals surface area (Å²) in [5, 5.41) is 0. The monoisotopic (exact) mass is 239 g/mol. The molecule has 1 saturated heterocycles. The number of nitrogens with zero attached hydrogens (tertiary/aromatic N) is 1. The van der Waals surface area contributed by atoms with E-state index in [9.17, 15) is 4.79 Å². The Labute approximate surface area is 105 Å². The van der Waals surface area contributed by atoms with E-state index in [2.05, 4.69) is 13.8 Å². The molecule has 3 nitrogen and oxygen atoms in total. The highest BCUT2D eigenvalue weighted by Crippen LogP contribution is 2.34. The third-order valence-electron chi connectivity index (χ3n) is 4.39. The van der Waals surface area contributed by atoms with Crippen molar-refractivity contribution in [1.29, 1.82) is 0 Å². The lowest BCUT2D eigenvalue weighted by atomic mass is 9.76. The minimum absolute atomic E-state index is 0.295. The SMILES string of the molecule is CC(C)[C@H]1CC[C@H](C(=O)N2CCOCC2)CC1. The van der Waals surface area contributed by atoms with Crippen LogP contribution in [0.15, 0.2) is 0 Å². The third-order valence-corrected chi connectivity index (χ3v) is 4.39. The number of hydrogen-bond acceptors (Lipinski definition) is 2. The second kappa shape index (κ2) is 5.85. The van der Waals surface area contributed by atoms with Crippen LogP contribution in [0.2, 0.25) is 0 Å². The van der Waals surface area contributed by atoms with Gasteiger partial charge in [-0.1, -0.05) is 13.8 Å². The third kappa shape index (κ3) is 3.21. The first-order valence-electron chi connectivity index (χ1n) is 7.05. The normalized spacial score (nSPS) is 30.6. The van der Waals surface area contributed by atoms with Crippen molar-refractivity contribution in [3.8, 4) is 0 Å². The van der Waals surface area contributed by atoms with Crippen molar-refractivity contribution in [3.63, 3.8) is 0 Å². The van der Waals surface area contributed by atoms with Gasteiger partial charge in [0.05, 0.1) is 13.2 Å². The molecule has 1 aliphatic carbocycles. The largest absolute Gasteiger partial charge is 0.378 e. The van der Waals surface area contributed by atoms with Crippen molar-refractivity contribution >= 4 is 5.91 Å². The summed E-state index contributed by atoms with van der Waals surface area (Å²) in [5.74, 6) is 2.29. The Morgan fingerprint density at radius 3 is 2.24 bits per heavy atom. The summed E-state index contributed by atoms with van der Waals surface area (Å²) in [5.41, 5.74) is 0. The van der Waals surface area contributed by atoms with Crippen molar-refractivity contribution in [2.75, 3.05) is 26.3 Å². The van der Waals surface area contributed by atoms with Crippen molar-refractivity contribution in [1.82, 2.24) is 4.90 Å². The summed E-state index contributed by atoms with van der Waals surface area (Å²) in [6.45, 7) is 7.62. The molecule has 0 aromatic heterocycles. The molecule has 17 heavy (non-hydrogen) atoms. The van der Waals surface area contributed by atoms with Gasteiger partial charge >= 0.3 is 0 Å². The standard InChI is InChI=1S/C14H25NO2/c1-11(2)12-3-5-13(6-4-12)14(16)15-7-9-17-10-8-15/h11-13H,3-10H2,1-2H3/t12-,13-. The number of carbonyl (C=O) groups is 1. The lowest BCUT2D eigenvalue weighted by Gasteiger charge is -2.35. The molecule has 98 valence electrons. The Kier molecular flexibility index (Phi) is 4.43. The number of amides is 1. The quantitative estimate of drug-likeness (QED) is 0.740. The molecule has 0 spiro atoms. The van der Waals surface area contributed by atoms with E-state index in [0.717, 1.165) is 37.8 Å². The first-order valence-corrected chi connectivity index (χ1v) is 7.05. The van der Waals surface area contributed by atoms with Gasteiger partial charge in [-0.25, -0.2) is 0 Å². The Morgan fingerprint density at radius 1 is 1.12 bits per heavy atom. The summed E-state index contributed by atoms with van der Waals surface area (Å²) in [6, 6.07) is 0. The predicted octanol–water partition coefficient (Wildman–Crippen LogP) is 2.31. The van der Waals surface area contributed by atoms with Crippen LogP contribution >= 0.6 is 0 Å². The number of ether oxygens (including phenoxy) is 1. The molecule has 0 bridgehead atoms. The highest BCUT2D eigenvalue weighted by atomic mass is 16.5. The Hall–Kier alpha value is -0.570. The zero-order valence-corrected chi connectivity index (χ0v) is 11.2. The smallest absolute Gasteiger partial charge is 0.225 e. The van der Waals surface area contributed by atoms with Crippen molar-refractivity contribution < 1.29 is 9.53 Å². The Balaban J connectivity index is 1.81. The van der Waals surface area contributed by atoms with Crippen LogP contribution < -0.4 is 0 Å². The van der Waals surface area contributed by atoms with Crippen LogP contribution in [0.3, 0.4) is 0 Å². The van der Waals surface area contributed by atoms with E-state index in [4.69, 9.17) is 4.74 Å². The van der Waals surface area contributed by atoms with Crippen molar-refractivity contribution in [2.45, 2.75) is 39.5 Å². The number of morpholine rings is 1. The van der Waals surface area contributed by atoms with Gasteiger partial charge in [0.15, 0.2) is 0 Å². The van der Waals surface area contributed by atoms with Crippen LogP contribution in [0.4, 0.5) is 0 Å². The lowest BCUT2D eigenvalue weighted by molar-refractivity contribution is -0.141. The van der Waals surface area contributed by atoms with Gasteiger partial charge in [0.25, 0.3) is 0 Å². The zero-order valence-electron chi connectivity index (χ0n) is 11.2. The second-order valence-corrected chi connectivity index (χ2v) is 5.79. The molecule has 2 rings (SSSR count). The van der Waals surface area contributed by atoms with Gasteiger partial charge in [0.2, 0.25) is 5.91 Å². The molecule has 1 aliphatic heterocycles. The molecule has 0 aromatic rings. The fourth-order valence-electron chi connectivity index (χ4n) is 3.07. The summed E-state index contributed by atoms with van der Waals surface area (Å²) in [6.07, 6.45) is 4.66. The minimum atomic E-state index is 0.295. The average molecular weight is 239 g/mol. The van der Waals surface area contributed by atoms with E-state index in [1.165, 1.54) is 12.8 Å². The van der Waals surface area contributed by atoms with Crippen LogP contribution in [0, 0.1) is 17.8 Å². The van der Waals surface area contributed by atoms with Gasteiger partial charge in [-0.3, -0.25) is 4.79 Å². The maximum atomic E-state index is 12.3. The van der Waals surface area contributed by atoms with Crippen LogP contribution in [-0.4, -0.2) is 37.1 Å². The number of rotatable bonds is 2. The van der Waals surface area contributed by atoms with E-state index in [0.29, 0.717) is 25.0 Å². The van der Waals surface area contributed by atoms with Gasteiger partial charge in [-0.15, -0.1) is 0 Å². The molecule has 1 heterocycles. The molecule has 1 amide bonds. The fourth-order valence-corrected chi connectivity index (χ4v) is 3.07. The molecule has 1 saturated carbocycles. The second-order valence-electron chi connectivity index (χ2n) is 5.79. The van der Waals surface area contributed by atoms with E-state index < -0.39 is 0 Å². The van der Waals surface area contributed by atoms with Gasteiger partial charge < -0.3 is 9.64 Å². The van der Waals surface area contributed by atoms with E-state index >= 15 is 0 Å². The molecule has 0 atom stereocenters. The molecule has 2 aliphatic rings. The van der Waals surface area contributed by atoms with Crippen molar-refractivity contribution in [2.24, 2.45) is 17.8 Å². The highest BCUT2D eigenvalue weighted by Gasteiger charge is 2.30. The molecule has 3 heteroatoms. The summed E-state index contributed by atoms with van der Waals surface area (Å²) in [7, 11) is 0. The van der Waals surface area contributed by atoms with E-state index in [1.807, 2.05) is 4.90 Å². The van der Waals surface area contributed by atoms with Gasteiger partial charge in [-0.2, -0.15) is 0 Å². The molecule has 0 aromatic carbocycles. The van der Waals surface area contributed by atoms with Crippen LogP contribution in [0.5, 0.6) is 0 Å². The Bertz CT molecular complexity index is 251. The van der Waals surface area contributed by atoms with Crippen LogP contribution in [0.25, 0.3) is 0 Å². The van der Waals surface area contributed by atoms with E-state index in [-0.39, 0.29) is 0 Å². The lowest BCUT2D eigenvalue weighted by Crippen LogP contribution is -2.44. The average Bonchev–Trinajstić information content (AvgIpc) is 2.39. The zero-order chi connectivity index (χ0) is 12.3. The summed E-state index contributed by atoms with van der Waals surface area (Å²) < 4.78 is 5.29. The fraction of sp³-hybridized carbons (Fsp3) is 0.929. The molecule has 0 radical (unpaired) electrons. The first kappa shape index (κ1) is 12.9.